The number of fused-ring (bicyclic) bond motifs is 1. The van der Waals surface area contributed by atoms with Gasteiger partial charge >= 0.3 is 0 Å². The Bertz CT molecular complexity index is 897. The Labute approximate surface area is 133 Å². The second-order valence-corrected chi connectivity index (χ2v) is 5.27. The summed E-state index contributed by atoms with van der Waals surface area (Å²) in [4.78, 5) is 15.6. The first-order chi connectivity index (χ1) is 11.3. The highest BCUT2D eigenvalue weighted by Crippen LogP contribution is 2.30. The summed E-state index contributed by atoms with van der Waals surface area (Å²) in [5, 5.41) is 0. The molecule has 1 aliphatic rings. The van der Waals surface area contributed by atoms with Gasteiger partial charge in [-0.2, -0.15) is 0 Å². The van der Waals surface area contributed by atoms with Crippen LogP contribution < -0.4 is 4.74 Å². The summed E-state index contributed by atoms with van der Waals surface area (Å²) in [6, 6.07) is 23.2. The van der Waals surface area contributed by atoms with Crippen molar-refractivity contribution in [1.82, 2.24) is 0 Å². The van der Waals surface area contributed by atoms with Crippen molar-refractivity contribution in [2.75, 3.05) is 0 Å². The fourth-order valence-corrected chi connectivity index (χ4v) is 2.66. The first-order valence-corrected chi connectivity index (χ1v) is 7.36. The molecule has 3 nitrogen and oxygen atoms in total. The smallest absolute Gasteiger partial charge is 0.277 e. The first-order valence-electron chi connectivity index (χ1n) is 7.36. The molecule has 23 heavy (non-hydrogen) atoms. The Balaban J connectivity index is 1.65. The van der Waals surface area contributed by atoms with E-state index in [1.807, 2.05) is 66.7 Å². The highest BCUT2D eigenvalue weighted by Gasteiger charge is 2.18. The number of amides is 1. The van der Waals surface area contributed by atoms with Crippen molar-refractivity contribution in [2.24, 2.45) is 4.99 Å². The molecule has 0 atom stereocenters. The zero-order chi connectivity index (χ0) is 15.6. The Morgan fingerprint density at radius 3 is 2.17 bits per heavy atom. The molecule has 3 aromatic carbocycles. The summed E-state index contributed by atoms with van der Waals surface area (Å²) >= 11 is 0. The topological polar surface area (TPSA) is 38.7 Å². The van der Waals surface area contributed by atoms with E-state index in [9.17, 15) is 4.79 Å². The molecule has 0 N–H and O–H groups in total. The van der Waals surface area contributed by atoms with Crippen molar-refractivity contribution >= 4 is 12.1 Å². The molecule has 0 aromatic heterocycles. The van der Waals surface area contributed by atoms with Crippen LogP contribution in [0.2, 0.25) is 0 Å². The lowest BCUT2D eigenvalue weighted by Crippen LogP contribution is -1.94. The van der Waals surface area contributed by atoms with E-state index in [0.717, 1.165) is 28.2 Å². The fourth-order valence-electron chi connectivity index (χ4n) is 2.66. The van der Waals surface area contributed by atoms with Crippen molar-refractivity contribution in [1.29, 1.82) is 0 Å². The number of hydrogen-bond donors (Lipinski definition) is 0. The van der Waals surface area contributed by atoms with Crippen LogP contribution in [0.1, 0.15) is 15.9 Å². The molecule has 3 heteroatoms. The summed E-state index contributed by atoms with van der Waals surface area (Å²) < 4.78 is 5.80. The average molecular weight is 299 g/mol. The van der Waals surface area contributed by atoms with Crippen LogP contribution in [-0.4, -0.2) is 12.1 Å². The van der Waals surface area contributed by atoms with Crippen molar-refractivity contribution in [3.63, 3.8) is 0 Å². The van der Waals surface area contributed by atoms with Gasteiger partial charge in [-0.3, -0.25) is 4.79 Å². The summed E-state index contributed by atoms with van der Waals surface area (Å²) in [6.07, 6.45) is 1.64. The summed E-state index contributed by atoms with van der Waals surface area (Å²) in [6.45, 7) is 0. The molecular weight excluding hydrogens is 286 g/mol. The zero-order valence-electron chi connectivity index (χ0n) is 12.3. The van der Waals surface area contributed by atoms with E-state index in [1.165, 1.54) is 0 Å². The molecule has 1 amide bonds. The molecule has 1 heterocycles. The molecule has 0 radical (unpaired) electrons. The lowest BCUT2D eigenvalue weighted by atomic mass is 9.97. The van der Waals surface area contributed by atoms with Gasteiger partial charge in [0.1, 0.15) is 11.5 Å². The van der Waals surface area contributed by atoms with Crippen LogP contribution >= 0.6 is 0 Å². The van der Waals surface area contributed by atoms with Gasteiger partial charge in [-0.1, -0.05) is 42.5 Å². The molecular formula is C20H13NO2. The fraction of sp³-hybridized carbons (Fsp3) is 0. The molecule has 0 bridgehead atoms. The van der Waals surface area contributed by atoms with E-state index in [1.54, 1.807) is 12.3 Å². The Hall–Kier alpha value is -3.20. The average Bonchev–Trinajstić information content (AvgIpc) is 2.98. The number of rotatable bonds is 3. The van der Waals surface area contributed by atoms with Gasteiger partial charge in [0.2, 0.25) is 0 Å². The molecule has 1 aliphatic heterocycles. The summed E-state index contributed by atoms with van der Waals surface area (Å²) in [7, 11) is 0. The SMILES string of the molecule is O=C1N=Cc2c1cccc2-c1ccc(Oc2ccccc2)cc1. The quantitative estimate of drug-likeness (QED) is 0.702. The number of benzene rings is 3. The largest absolute Gasteiger partial charge is 0.457 e. The monoisotopic (exact) mass is 299 g/mol. The van der Waals surface area contributed by atoms with E-state index < -0.39 is 0 Å². The van der Waals surface area contributed by atoms with Gasteiger partial charge in [0.25, 0.3) is 5.91 Å². The third-order valence-electron chi connectivity index (χ3n) is 3.79. The maximum atomic E-state index is 11.7. The van der Waals surface area contributed by atoms with Crippen molar-refractivity contribution in [3.8, 4) is 22.6 Å². The predicted molar refractivity (Wildman–Crippen MR) is 90.3 cm³/mol. The van der Waals surface area contributed by atoms with Gasteiger partial charge in [0, 0.05) is 11.8 Å². The molecule has 0 aliphatic carbocycles. The minimum absolute atomic E-state index is 0.175. The zero-order valence-corrected chi connectivity index (χ0v) is 12.3. The maximum Gasteiger partial charge on any atom is 0.277 e. The molecule has 0 saturated carbocycles. The van der Waals surface area contributed by atoms with Crippen LogP contribution in [0.3, 0.4) is 0 Å². The normalized spacial score (nSPS) is 12.3. The lowest BCUT2D eigenvalue weighted by Gasteiger charge is -2.09. The van der Waals surface area contributed by atoms with Crippen LogP contribution in [0.4, 0.5) is 0 Å². The molecule has 0 fully saturated rings. The van der Waals surface area contributed by atoms with Gasteiger partial charge in [-0.05, 0) is 41.5 Å². The Kier molecular flexibility index (Phi) is 3.24. The second kappa shape index (κ2) is 5.54. The number of nitrogens with zero attached hydrogens (tertiary/aromatic N) is 1. The number of hydrogen-bond acceptors (Lipinski definition) is 2. The predicted octanol–water partition coefficient (Wildman–Crippen LogP) is 4.72. The number of carbonyl (C=O) groups is 1. The van der Waals surface area contributed by atoms with Crippen LogP contribution in [-0.2, 0) is 0 Å². The van der Waals surface area contributed by atoms with Gasteiger partial charge in [0.05, 0.1) is 5.56 Å². The summed E-state index contributed by atoms with van der Waals surface area (Å²) in [5.41, 5.74) is 3.58. The highest BCUT2D eigenvalue weighted by molar-refractivity contribution is 6.15. The molecule has 3 aromatic rings. The van der Waals surface area contributed by atoms with Crippen molar-refractivity contribution in [3.05, 3.63) is 83.9 Å². The van der Waals surface area contributed by atoms with Crippen LogP contribution in [0.5, 0.6) is 11.5 Å². The minimum atomic E-state index is -0.175. The lowest BCUT2D eigenvalue weighted by molar-refractivity contribution is 0.101. The van der Waals surface area contributed by atoms with E-state index in [-0.39, 0.29) is 5.91 Å². The van der Waals surface area contributed by atoms with Crippen molar-refractivity contribution < 1.29 is 9.53 Å². The number of ether oxygens (including phenoxy) is 1. The number of carbonyl (C=O) groups excluding carboxylic acids is 1. The van der Waals surface area contributed by atoms with Gasteiger partial charge in [0.15, 0.2) is 0 Å². The molecule has 110 valence electrons. The first kappa shape index (κ1) is 13.5. The van der Waals surface area contributed by atoms with E-state index in [4.69, 9.17) is 4.74 Å². The third kappa shape index (κ3) is 2.53. The van der Waals surface area contributed by atoms with Crippen LogP contribution in [0.15, 0.2) is 77.8 Å². The second-order valence-electron chi connectivity index (χ2n) is 5.27. The van der Waals surface area contributed by atoms with E-state index in [2.05, 4.69) is 4.99 Å². The molecule has 0 spiro atoms. The van der Waals surface area contributed by atoms with Crippen molar-refractivity contribution in [2.45, 2.75) is 0 Å². The van der Waals surface area contributed by atoms with Crippen LogP contribution in [0, 0.1) is 0 Å². The molecule has 0 saturated heterocycles. The number of para-hydroxylation sites is 1. The van der Waals surface area contributed by atoms with E-state index >= 15 is 0 Å². The van der Waals surface area contributed by atoms with Crippen LogP contribution in [0.25, 0.3) is 11.1 Å². The molecule has 0 unspecified atom stereocenters. The summed E-state index contributed by atoms with van der Waals surface area (Å²) in [5.74, 6) is 1.40. The number of aliphatic imine (C=N–C) groups is 1. The molecule has 4 rings (SSSR count). The van der Waals surface area contributed by atoms with Gasteiger partial charge in [-0.15, -0.1) is 0 Å². The van der Waals surface area contributed by atoms with E-state index in [0.29, 0.717) is 5.56 Å². The minimum Gasteiger partial charge on any atom is -0.457 e. The maximum absolute atomic E-state index is 11.7. The Morgan fingerprint density at radius 2 is 1.39 bits per heavy atom. The standard InChI is InChI=1S/C20H13NO2/c22-20-18-8-4-7-17(19(18)13-21-20)14-9-11-16(12-10-14)23-15-5-2-1-3-6-15/h1-13H. The van der Waals surface area contributed by atoms with Gasteiger partial charge < -0.3 is 4.74 Å². The Morgan fingerprint density at radius 1 is 0.696 bits per heavy atom. The third-order valence-corrected chi connectivity index (χ3v) is 3.79. The highest BCUT2D eigenvalue weighted by atomic mass is 16.5. The van der Waals surface area contributed by atoms with Gasteiger partial charge in [-0.25, -0.2) is 4.99 Å².